The summed E-state index contributed by atoms with van der Waals surface area (Å²) in [4.78, 5) is 0. The van der Waals surface area contributed by atoms with Crippen molar-refractivity contribution in [2.24, 2.45) is 0 Å². The van der Waals surface area contributed by atoms with Crippen LogP contribution in [0.25, 0.3) is 0 Å². The summed E-state index contributed by atoms with van der Waals surface area (Å²) in [5.41, 5.74) is 0.947. The Morgan fingerprint density at radius 1 is 1.36 bits per heavy atom. The van der Waals surface area contributed by atoms with Crippen molar-refractivity contribution < 1.29 is 4.74 Å². The van der Waals surface area contributed by atoms with Gasteiger partial charge in [-0.1, -0.05) is 43.0 Å². The van der Waals surface area contributed by atoms with Crippen molar-refractivity contribution in [3.8, 4) is 0 Å². The standard InChI is InChI=1S/C11H14OS2/c1-11(2,12-10(13)14)8-9-6-4-3-5-7-9/h3-7H,8H2,1-2H3,(H,13,14). The molecule has 0 unspecified atom stereocenters. The van der Waals surface area contributed by atoms with Crippen LogP contribution in [0, 0.1) is 0 Å². The molecular formula is C11H14OS2. The van der Waals surface area contributed by atoms with Gasteiger partial charge in [0.2, 0.25) is 4.38 Å². The van der Waals surface area contributed by atoms with Crippen molar-refractivity contribution in [3.63, 3.8) is 0 Å². The van der Waals surface area contributed by atoms with E-state index < -0.39 is 0 Å². The Labute approximate surface area is 95.9 Å². The highest BCUT2D eigenvalue weighted by molar-refractivity contribution is 8.10. The molecule has 3 heteroatoms. The average Bonchev–Trinajstić information content (AvgIpc) is 2.02. The largest absolute Gasteiger partial charge is 0.472 e. The molecule has 0 radical (unpaired) electrons. The fraction of sp³-hybridized carbons (Fsp3) is 0.364. The Kier molecular flexibility index (Phi) is 3.96. The van der Waals surface area contributed by atoms with Gasteiger partial charge in [-0.25, -0.2) is 0 Å². The summed E-state index contributed by atoms with van der Waals surface area (Å²) >= 11 is 8.77. The van der Waals surface area contributed by atoms with Crippen LogP contribution in [0.4, 0.5) is 0 Å². The molecule has 0 amide bonds. The van der Waals surface area contributed by atoms with Gasteiger partial charge in [-0.2, -0.15) is 0 Å². The van der Waals surface area contributed by atoms with Crippen molar-refractivity contribution in [2.45, 2.75) is 25.9 Å². The zero-order chi connectivity index (χ0) is 10.6. The van der Waals surface area contributed by atoms with Gasteiger partial charge in [0.05, 0.1) is 0 Å². The van der Waals surface area contributed by atoms with Gasteiger partial charge in [0, 0.05) is 6.42 Å². The lowest BCUT2D eigenvalue weighted by molar-refractivity contribution is 0.106. The van der Waals surface area contributed by atoms with Crippen molar-refractivity contribution in [2.75, 3.05) is 0 Å². The minimum absolute atomic E-state index is 0.291. The van der Waals surface area contributed by atoms with Gasteiger partial charge in [0.25, 0.3) is 0 Å². The molecule has 0 N–H and O–H groups in total. The number of hydrogen-bond donors (Lipinski definition) is 1. The number of benzene rings is 1. The zero-order valence-corrected chi connectivity index (χ0v) is 10.1. The van der Waals surface area contributed by atoms with Gasteiger partial charge in [0.1, 0.15) is 5.60 Å². The third-order valence-corrected chi connectivity index (χ3v) is 2.01. The lowest BCUT2D eigenvalue weighted by Crippen LogP contribution is -2.28. The van der Waals surface area contributed by atoms with Crippen LogP contribution in [0.5, 0.6) is 0 Å². The van der Waals surface area contributed by atoms with Crippen molar-refractivity contribution in [1.82, 2.24) is 0 Å². The Bertz CT molecular complexity index is 306. The molecule has 0 bridgehead atoms. The smallest absolute Gasteiger partial charge is 0.217 e. The molecule has 0 saturated carbocycles. The van der Waals surface area contributed by atoms with Gasteiger partial charge in [0.15, 0.2) is 0 Å². The van der Waals surface area contributed by atoms with Gasteiger partial charge < -0.3 is 4.74 Å². The molecule has 0 spiro atoms. The molecule has 1 rings (SSSR count). The highest BCUT2D eigenvalue weighted by Crippen LogP contribution is 2.18. The fourth-order valence-corrected chi connectivity index (χ4v) is 1.83. The Morgan fingerprint density at radius 2 is 1.93 bits per heavy atom. The van der Waals surface area contributed by atoms with Gasteiger partial charge >= 0.3 is 0 Å². The summed E-state index contributed by atoms with van der Waals surface area (Å²) in [6.07, 6.45) is 0.828. The highest BCUT2D eigenvalue weighted by Gasteiger charge is 2.20. The van der Waals surface area contributed by atoms with E-state index in [9.17, 15) is 0 Å². The van der Waals surface area contributed by atoms with Gasteiger partial charge in [-0.05, 0) is 31.6 Å². The van der Waals surface area contributed by atoms with Crippen LogP contribution < -0.4 is 0 Å². The molecule has 1 aromatic rings. The molecule has 14 heavy (non-hydrogen) atoms. The van der Waals surface area contributed by atoms with E-state index in [0.29, 0.717) is 4.38 Å². The van der Waals surface area contributed by atoms with E-state index in [2.05, 4.69) is 24.8 Å². The normalized spacial score (nSPS) is 11.1. The van der Waals surface area contributed by atoms with E-state index in [1.807, 2.05) is 32.0 Å². The molecule has 0 saturated heterocycles. The number of thiol groups is 1. The predicted octanol–water partition coefficient (Wildman–Crippen LogP) is 3.24. The molecule has 0 fully saturated rings. The fourth-order valence-electron chi connectivity index (χ4n) is 1.36. The molecule has 0 aromatic heterocycles. The van der Waals surface area contributed by atoms with Crippen molar-refractivity contribution in [3.05, 3.63) is 35.9 Å². The maximum Gasteiger partial charge on any atom is 0.217 e. The van der Waals surface area contributed by atoms with Crippen molar-refractivity contribution >= 4 is 29.2 Å². The van der Waals surface area contributed by atoms with Crippen LogP contribution in [0.3, 0.4) is 0 Å². The molecule has 0 aliphatic rings. The first kappa shape index (κ1) is 11.5. The third-order valence-electron chi connectivity index (χ3n) is 1.84. The second-order valence-electron chi connectivity index (χ2n) is 3.79. The SMILES string of the molecule is CC(C)(Cc1ccccc1)OC(=S)S. The lowest BCUT2D eigenvalue weighted by Gasteiger charge is -2.25. The Balaban J connectivity index is 2.63. The third kappa shape index (κ3) is 4.11. The molecule has 1 nitrogen and oxygen atoms in total. The molecule has 0 aliphatic carbocycles. The van der Waals surface area contributed by atoms with E-state index >= 15 is 0 Å². The first-order valence-corrected chi connectivity index (χ1v) is 5.31. The van der Waals surface area contributed by atoms with E-state index in [0.717, 1.165) is 6.42 Å². The first-order chi connectivity index (χ1) is 6.49. The van der Waals surface area contributed by atoms with Gasteiger partial charge in [-0.3, -0.25) is 0 Å². The zero-order valence-electron chi connectivity index (χ0n) is 8.36. The van der Waals surface area contributed by atoms with Crippen LogP contribution in [-0.4, -0.2) is 9.98 Å². The summed E-state index contributed by atoms with van der Waals surface area (Å²) < 4.78 is 5.73. The summed E-state index contributed by atoms with van der Waals surface area (Å²) in [6.45, 7) is 4.00. The average molecular weight is 226 g/mol. The second kappa shape index (κ2) is 4.80. The maximum atomic E-state index is 5.44. The van der Waals surface area contributed by atoms with E-state index in [1.54, 1.807) is 0 Å². The molecular weight excluding hydrogens is 212 g/mol. The van der Waals surface area contributed by atoms with Crippen LogP contribution in [0.1, 0.15) is 19.4 Å². The minimum Gasteiger partial charge on any atom is -0.472 e. The predicted molar refractivity (Wildman–Crippen MR) is 66.9 cm³/mol. The molecule has 0 atom stereocenters. The number of ether oxygens (including phenoxy) is 1. The van der Waals surface area contributed by atoms with E-state index in [-0.39, 0.29) is 5.60 Å². The summed E-state index contributed by atoms with van der Waals surface area (Å²) in [5, 5.41) is 0. The summed E-state index contributed by atoms with van der Waals surface area (Å²) in [5.74, 6) is 0. The molecule has 76 valence electrons. The van der Waals surface area contributed by atoms with Crippen LogP contribution in [0.15, 0.2) is 30.3 Å². The summed E-state index contributed by atoms with van der Waals surface area (Å²) in [7, 11) is 0. The Hall–Kier alpha value is -0.540. The minimum atomic E-state index is -0.291. The van der Waals surface area contributed by atoms with Crippen molar-refractivity contribution in [1.29, 1.82) is 0 Å². The molecule has 0 aliphatic heterocycles. The second-order valence-corrected chi connectivity index (χ2v) is 4.87. The number of thiocarbonyl (C=S) groups is 1. The van der Waals surface area contributed by atoms with E-state index in [1.165, 1.54) is 5.56 Å². The number of hydrogen-bond acceptors (Lipinski definition) is 2. The molecule has 1 aromatic carbocycles. The van der Waals surface area contributed by atoms with Crippen LogP contribution in [0.2, 0.25) is 0 Å². The first-order valence-electron chi connectivity index (χ1n) is 4.45. The topological polar surface area (TPSA) is 9.23 Å². The number of rotatable bonds is 3. The lowest BCUT2D eigenvalue weighted by atomic mass is 9.99. The van der Waals surface area contributed by atoms with Crippen LogP contribution in [-0.2, 0) is 11.2 Å². The summed E-state index contributed by atoms with van der Waals surface area (Å²) in [6, 6.07) is 10.2. The molecule has 0 heterocycles. The Morgan fingerprint density at radius 3 is 2.43 bits per heavy atom. The quantitative estimate of drug-likeness (QED) is 0.626. The maximum absolute atomic E-state index is 5.44. The monoisotopic (exact) mass is 226 g/mol. The van der Waals surface area contributed by atoms with E-state index in [4.69, 9.17) is 17.0 Å². The van der Waals surface area contributed by atoms with Crippen LogP contribution >= 0.6 is 24.8 Å². The van der Waals surface area contributed by atoms with Gasteiger partial charge in [-0.15, -0.1) is 0 Å². The highest BCUT2D eigenvalue weighted by atomic mass is 32.1.